The number of sulfone groups is 1. The Kier molecular flexibility index (Phi) is 7.88. The Balaban J connectivity index is 2.20. The van der Waals surface area contributed by atoms with E-state index in [0.717, 1.165) is 18.8 Å². The van der Waals surface area contributed by atoms with Crippen molar-refractivity contribution in [3.8, 4) is 0 Å². The molecule has 0 bridgehead atoms. The van der Waals surface area contributed by atoms with Gasteiger partial charge in [0.15, 0.2) is 14.9 Å². The monoisotopic (exact) mass is 426 g/mol. The fourth-order valence-electron chi connectivity index (χ4n) is 4.04. The van der Waals surface area contributed by atoms with Gasteiger partial charge < -0.3 is 15.1 Å². The smallest absolute Gasteiger partial charge is 0.173 e. The lowest BCUT2D eigenvalue weighted by atomic mass is 10.1. The van der Waals surface area contributed by atoms with Crippen molar-refractivity contribution in [1.29, 1.82) is 0 Å². The van der Waals surface area contributed by atoms with Crippen LogP contribution in [0.25, 0.3) is 0 Å². The summed E-state index contributed by atoms with van der Waals surface area (Å²) in [6.07, 6.45) is 0.648. The zero-order valence-electron chi connectivity index (χ0n) is 18.1. The van der Waals surface area contributed by atoms with Gasteiger partial charge in [0.25, 0.3) is 0 Å². The number of quaternary nitrogens is 1. The van der Waals surface area contributed by atoms with Crippen molar-refractivity contribution in [3.63, 3.8) is 0 Å². The van der Waals surface area contributed by atoms with Gasteiger partial charge in [-0.05, 0) is 77.4 Å². The van der Waals surface area contributed by atoms with Crippen LogP contribution in [0.15, 0.2) is 18.2 Å². The lowest BCUT2D eigenvalue weighted by molar-refractivity contribution is -0.941. The average Bonchev–Trinajstić information content (AvgIpc) is 2.94. The molecular formula is C21H36N3O2S2+. The summed E-state index contributed by atoms with van der Waals surface area (Å²) < 4.78 is 24.2. The molecule has 7 heteroatoms. The summed E-state index contributed by atoms with van der Waals surface area (Å²) in [5, 5.41) is 4.02. The fourth-order valence-corrected chi connectivity index (χ4v) is 6.12. The first-order valence-electron chi connectivity index (χ1n) is 10.2. The van der Waals surface area contributed by atoms with Gasteiger partial charge >= 0.3 is 0 Å². The van der Waals surface area contributed by atoms with E-state index >= 15 is 0 Å². The fraction of sp³-hybridized carbons (Fsp3) is 0.667. The highest BCUT2D eigenvalue weighted by atomic mass is 32.2. The predicted molar refractivity (Wildman–Crippen MR) is 122 cm³/mol. The van der Waals surface area contributed by atoms with Crippen LogP contribution < -0.4 is 10.2 Å². The minimum atomic E-state index is -2.97. The van der Waals surface area contributed by atoms with Crippen LogP contribution in [-0.4, -0.2) is 61.2 Å². The van der Waals surface area contributed by atoms with Gasteiger partial charge in [-0.2, -0.15) is 0 Å². The molecule has 1 heterocycles. The maximum atomic E-state index is 12.1. The van der Waals surface area contributed by atoms with Gasteiger partial charge in [0.05, 0.1) is 36.7 Å². The van der Waals surface area contributed by atoms with E-state index in [-0.39, 0.29) is 17.5 Å². The quantitative estimate of drug-likeness (QED) is 0.655. The van der Waals surface area contributed by atoms with Gasteiger partial charge in [-0.15, -0.1) is 0 Å². The van der Waals surface area contributed by atoms with Crippen molar-refractivity contribution in [2.45, 2.75) is 66.1 Å². The zero-order chi connectivity index (χ0) is 21.1. The van der Waals surface area contributed by atoms with Crippen molar-refractivity contribution in [1.82, 2.24) is 4.90 Å². The average molecular weight is 427 g/mol. The van der Waals surface area contributed by atoms with E-state index in [9.17, 15) is 8.42 Å². The van der Waals surface area contributed by atoms with Crippen LogP contribution in [0.5, 0.6) is 0 Å². The lowest BCUT2D eigenvalue weighted by Crippen LogP contribution is -3.18. The van der Waals surface area contributed by atoms with E-state index in [2.05, 4.69) is 57.8 Å². The molecule has 1 aromatic carbocycles. The molecule has 2 rings (SSSR count). The van der Waals surface area contributed by atoms with Crippen LogP contribution in [0, 0.1) is 13.8 Å². The summed E-state index contributed by atoms with van der Waals surface area (Å²) in [6.45, 7) is 14.8. The number of hydrogen-bond donors (Lipinski definition) is 2. The molecule has 1 aliphatic rings. The third-order valence-corrected chi connectivity index (χ3v) is 7.97. The van der Waals surface area contributed by atoms with Gasteiger partial charge in [-0.3, -0.25) is 0 Å². The summed E-state index contributed by atoms with van der Waals surface area (Å²) in [5.74, 6) is 0.450. The van der Waals surface area contributed by atoms with Crippen LogP contribution in [0.4, 0.5) is 5.69 Å². The minimum Gasteiger partial charge on any atom is -0.339 e. The van der Waals surface area contributed by atoms with E-state index < -0.39 is 9.84 Å². The number of anilines is 1. The number of nitrogens with zero attached hydrogens (tertiary/aromatic N) is 1. The number of nitrogens with one attached hydrogen (secondary N) is 2. The maximum absolute atomic E-state index is 12.1. The van der Waals surface area contributed by atoms with E-state index in [1.165, 1.54) is 16.0 Å². The standard InChI is InChI=1S/C21H35N3O2S2/c1-15(2)23(16(3)4)11-12-24(19-10-13-28(25,26)14-19)21(27)22-20-9-7-8-17(5)18(20)6/h7-9,15-16,19H,10-14H2,1-6H3,(H,22,27)/p+1/t19-/m0/s1. The van der Waals surface area contributed by atoms with Crippen LogP contribution in [0.2, 0.25) is 0 Å². The normalized spacial score (nSPS) is 18.8. The number of benzene rings is 1. The van der Waals surface area contributed by atoms with E-state index in [0.29, 0.717) is 23.6 Å². The minimum absolute atomic E-state index is 0.0457. The Bertz CT molecular complexity index is 783. The second-order valence-electron chi connectivity index (χ2n) is 8.56. The Morgan fingerprint density at radius 2 is 1.89 bits per heavy atom. The second-order valence-corrected chi connectivity index (χ2v) is 11.2. The first kappa shape index (κ1) is 23.1. The molecule has 5 nitrogen and oxygen atoms in total. The highest BCUT2D eigenvalue weighted by Gasteiger charge is 2.34. The Morgan fingerprint density at radius 3 is 2.43 bits per heavy atom. The van der Waals surface area contributed by atoms with Gasteiger partial charge in [0.1, 0.15) is 0 Å². The van der Waals surface area contributed by atoms with Crippen LogP contribution >= 0.6 is 12.2 Å². The summed E-state index contributed by atoms with van der Waals surface area (Å²) in [5.41, 5.74) is 3.37. The summed E-state index contributed by atoms with van der Waals surface area (Å²) in [7, 11) is -2.97. The molecule has 1 aliphatic heterocycles. The molecule has 0 amide bonds. The van der Waals surface area contributed by atoms with Gasteiger partial charge in [-0.1, -0.05) is 12.1 Å². The Hall–Kier alpha value is -1.18. The topological polar surface area (TPSA) is 53.9 Å². The van der Waals surface area contributed by atoms with Crippen LogP contribution in [-0.2, 0) is 9.84 Å². The third kappa shape index (κ3) is 5.91. The lowest BCUT2D eigenvalue weighted by Gasteiger charge is -2.34. The van der Waals surface area contributed by atoms with Gasteiger partial charge in [0.2, 0.25) is 0 Å². The van der Waals surface area contributed by atoms with Crippen molar-refractivity contribution < 1.29 is 13.3 Å². The van der Waals surface area contributed by atoms with Crippen LogP contribution in [0.1, 0.15) is 45.2 Å². The molecule has 1 atom stereocenters. The largest absolute Gasteiger partial charge is 0.339 e. The van der Waals surface area contributed by atoms with Gasteiger partial charge in [0, 0.05) is 11.7 Å². The molecular weight excluding hydrogens is 390 g/mol. The Morgan fingerprint density at radius 1 is 1.25 bits per heavy atom. The highest BCUT2D eigenvalue weighted by molar-refractivity contribution is 7.91. The number of hydrogen-bond acceptors (Lipinski definition) is 3. The molecule has 2 N–H and O–H groups in total. The van der Waals surface area contributed by atoms with Crippen molar-refractivity contribution in [2.24, 2.45) is 0 Å². The molecule has 0 radical (unpaired) electrons. The molecule has 158 valence electrons. The van der Waals surface area contributed by atoms with Crippen LogP contribution in [0.3, 0.4) is 0 Å². The van der Waals surface area contributed by atoms with Gasteiger partial charge in [-0.25, -0.2) is 8.42 Å². The number of rotatable bonds is 7. The maximum Gasteiger partial charge on any atom is 0.173 e. The molecule has 0 spiro atoms. The van der Waals surface area contributed by atoms with E-state index in [4.69, 9.17) is 12.2 Å². The first-order chi connectivity index (χ1) is 13.0. The summed E-state index contributed by atoms with van der Waals surface area (Å²) in [6, 6.07) is 7.09. The van der Waals surface area contributed by atoms with E-state index in [1.807, 2.05) is 12.1 Å². The van der Waals surface area contributed by atoms with Crippen molar-refractivity contribution in [3.05, 3.63) is 29.3 Å². The summed E-state index contributed by atoms with van der Waals surface area (Å²) >= 11 is 5.77. The molecule has 1 fully saturated rings. The van der Waals surface area contributed by atoms with Crippen molar-refractivity contribution in [2.75, 3.05) is 29.9 Å². The molecule has 28 heavy (non-hydrogen) atoms. The first-order valence-corrected chi connectivity index (χ1v) is 12.4. The zero-order valence-corrected chi connectivity index (χ0v) is 19.7. The number of thiocarbonyl (C=S) groups is 1. The molecule has 1 aromatic rings. The molecule has 0 unspecified atom stereocenters. The van der Waals surface area contributed by atoms with E-state index in [1.54, 1.807) is 0 Å². The molecule has 1 saturated heterocycles. The number of aryl methyl sites for hydroxylation is 1. The van der Waals surface area contributed by atoms with Crippen molar-refractivity contribution >= 4 is 32.9 Å². The molecule has 0 aromatic heterocycles. The predicted octanol–water partition coefficient (Wildman–Crippen LogP) is 2.19. The second kappa shape index (κ2) is 9.55. The highest BCUT2D eigenvalue weighted by Crippen LogP contribution is 2.22. The third-order valence-electron chi connectivity index (χ3n) is 5.88. The SMILES string of the molecule is Cc1cccc(NC(=S)N(CC[NH+](C(C)C)C(C)C)[C@H]2CCS(=O)(=O)C2)c1C. The summed E-state index contributed by atoms with van der Waals surface area (Å²) in [4.78, 5) is 3.62. The molecule has 0 aliphatic carbocycles. The Labute approximate surface area is 176 Å². The molecule has 0 saturated carbocycles.